The van der Waals surface area contributed by atoms with Gasteiger partial charge in [0.2, 0.25) is 0 Å². The van der Waals surface area contributed by atoms with E-state index in [1.807, 2.05) is 5.32 Å². The Bertz CT molecular complexity index is 136. The molecule has 0 aromatic carbocycles. The SMILES string of the molecule is O=C1C=CC(=O)N1.[Si]. The van der Waals surface area contributed by atoms with Crippen molar-refractivity contribution in [2.24, 2.45) is 0 Å². The van der Waals surface area contributed by atoms with Gasteiger partial charge < -0.3 is 0 Å². The standard InChI is InChI=1S/C4H3NO2.Si/c6-3-1-2-4(7)5-3;/h1-2H,(H,5,6,7);. The molecule has 0 unspecified atom stereocenters. The maximum absolute atomic E-state index is 10.0. The lowest BCUT2D eigenvalue weighted by Crippen LogP contribution is -2.19. The summed E-state index contributed by atoms with van der Waals surface area (Å²) in [6.45, 7) is 0. The summed E-state index contributed by atoms with van der Waals surface area (Å²) in [5.41, 5.74) is 0. The first-order valence-corrected chi connectivity index (χ1v) is 1.82. The molecule has 0 atom stereocenters. The highest BCUT2D eigenvalue weighted by Gasteiger charge is 2.06. The number of amides is 2. The van der Waals surface area contributed by atoms with Crippen LogP contribution in [0, 0.1) is 0 Å². The second-order valence-electron chi connectivity index (χ2n) is 1.19. The van der Waals surface area contributed by atoms with Gasteiger partial charge in [0.1, 0.15) is 0 Å². The van der Waals surface area contributed by atoms with Crippen molar-refractivity contribution in [3.63, 3.8) is 0 Å². The van der Waals surface area contributed by atoms with E-state index in [0.29, 0.717) is 0 Å². The minimum Gasteiger partial charge on any atom is -0.289 e. The molecule has 1 rings (SSSR count). The Morgan fingerprint density at radius 1 is 1.12 bits per heavy atom. The summed E-state index contributed by atoms with van der Waals surface area (Å²) in [6.07, 6.45) is 2.39. The molecule has 0 saturated carbocycles. The molecule has 1 aliphatic rings. The van der Waals surface area contributed by atoms with Crippen LogP contribution in [-0.4, -0.2) is 22.8 Å². The van der Waals surface area contributed by atoms with Crippen molar-refractivity contribution in [2.45, 2.75) is 0 Å². The summed E-state index contributed by atoms with van der Waals surface area (Å²) < 4.78 is 0. The Kier molecular flexibility index (Phi) is 2.14. The Labute approximate surface area is 50.8 Å². The van der Waals surface area contributed by atoms with E-state index in [1.54, 1.807) is 0 Å². The molecule has 2 amide bonds. The minimum atomic E-state index is -0.329. The summed E-state index contributed by atoms with van der Waals surface area (Å²) in [5, 5.41) is 2.03. The first kappa shape index (κ1) is 7.10. The lowest BCUT2D eigenvalue weighted by atomic mass is 10.6. The molecule has 40 valence electrons. The van der Waals surface area contributed by atoms with Crippen LogP contribution in [0.15, 0.2) is 12.2 Å². The summed E-state index contributed by atoms with van der Waals surface area (Å²) in [4.78, 5) is 20.1. The third-order valence-electron chi connectivity index (χ3n) is 0.632. The second kappa shape index (κ2) is 2.42. The molecule has 4 heteroatoms. The van der Waals surface area contributed by atoms with E-state index in [2.05, 4.69) is 0 Å². The van der Waals surface area contributed by atoms with Crippen LogP contribution in [0.2, 0.25) is 0 Å². The molecule has 0 aliphatic carbocycles. The molecule has 0 spiro atoms. The smallest absolute Gasteiger partial charge is 0.250 e. The van der Waals surface area contributed by atoms with Gasteiger partial charge in [-0.3, -0.25) is 14.9 Å². The van der Waals surface area contributed by atoms with Gasteiger partial charge in [0, 0.05) is 23.1 Å². The molecule has 0 bridgehead atoms. The summed E-state index contributed by atoms with van der Waals surface area (Å²) >= 11 is 0. The largest absolute Gasteiger partial charge is 0.289 e. The minimum absolute atomic E-state index is 0. The second-order valence-corrected chi connectivity index (χ2v) is 1.19. The fourth-order valence-electron chi connectivity index (χ4n) is 0.356. The number of imide groups is 1. The van der Waals surface area contributed by atoms with Crippen LogP contribution < -0.4 is 5.32 Å². The van der Waals surface area contributed by atoms with E-state index in [4.69, 9.17) is 0 Å². The van der Waals surface area contributed by atoms with Gasteiger partial charge in [-0.05, 0) is 0 Å². The molecule has 1 heterocycles. The van der Waals surface area contributed by atoms with E-state index in [9.17, 15) is 9.59 Å². The van der Waals surface area contributed by atoms with E-state index < -0.39 is 0 Å². The van der Waals surface area contributed by atoms with E-state index in [1.165, 1.54) is 12.2 Å². The van der Waals surface area contributed by atoms with Gasteiger partial charge in [0.05, 0.1) is 0 Å². The molecule has 3 nitrogen and oxygen atoms in total. The van der Waals surface area contributed by atoms with Crippen LogP contribution in [0.1, 0.15) is 0 Å². The molecular formula is C4H3NO2Si. The van der Waals surface area contributed by atoms with E-state index in [-0.39, 0.29) is 22.8 Å². The molecule has 8 heavy (non-hydrogen) atoms. The van der Waals surface area contributed by atoms with Crippen LogP contribution in [0.5, 0.6) is 0 Å². The lowest BCUT2D eigenvalue weighted by molar-refractivity contribution is -0.123. The van der Waals surface area contributed by atoms with Crippen LogP contribution in [0.25, 0.3) is 0 Å². The number of hydrogen-bond acceptors (Lipinski definition) is 2. The zero-order chi connectivity index (χ0) is 5.28. The molecule has 4 radical (unpaired) electrons. The fourth-order valence-corrected chi connectivity index (χ4v) is 0.356. The summed E-state index contributed by atoms with van der Waals surface area (Å²) in [6, 6.07) is 0. The maximum Gasteiger partial charge on any atom is 0.250 e. The number of carbonyl (C=O) groups excluding carboxylic acids is 2. The number of rotatable bonds is 0. The highest BCUT2D eigenvalue weighted by atomic mass is 28.1. The Hall–Kier alpha value is -0.903. The van der Waals surface area contributed by atoms with E-state index in [0.717, 1.165) is 0 Å². The van der Waals surface area contributed by atoms with Crippen molar-refractivity contribution in [1.82, 2.24) is 5.32 Å². The molecule has 0 aromatic rings. The maximum atomic E-state index is 10.0. The molecule has 1 aliphatic heterocycles. The Morgan fingerprint density at radius 2 is 1.50 bits per heavy atom. The van der Waals surface area contributed by atoms with Crippen LogP contribution in [0.3, 0.4) is 0 Å². The number of nitrogens with one attached hydrogen (secondary N) is 1. The van der Waals surface area contributed by atoms with E-state index >= 15 is 0 Å². The summed E-state index contributed by atoms with van der Waals surface area (Å²) in [5.74, 6) is -0.657. The van der Waals surface area contributed by atoms with Gasteiger partial charge in [0.15, 0.2) is 0 Å². The molecule has 1 N–H and O–H groups in total. The van der Waals surface area contributed by atoms with Crippen molar-refractivity contribution in [1.29, 1.82) is 0 Å². The van der Waals surface area contributed by atoms with Gasteiger partial charge in [-0.15, -0.1) is 0 Å². The highest BCUT2D eigenvalue weighted by Crippen LogP contribution is 1.82. The topological polar surface area (TPSA) is 46.2 Å². The average Bonchev–Trinajstić information content (AvgIpc) is 1.87. The Morgan fingerprint density at radius 3 is 1.62 bits per heavy atom. The zero-order valence-corrected chi connectivity index (χ0v) is 4.97. The first-order valence-electron chi connectivity index (χ1n) is 1.82. The van der Waals surface area contributed by atoms with Crippen LogP contribution in [0.4, 0.5) is 0 Å². The normalized spacial score (nSPS) is 15.5. The number of hydrogen-bond donors (Lipinski definition) is 1. The first-order chi connectivity index (χ1) is 3.29. The lowest BCUT2D eigenvalue weighted by Gasteiger charge is -1.80. The van der Waals surface area contributed by atoms with Gasteiger partial charge in [-0.2, -0.15) is 0 Å². The predicted octanol–water partition coefficient (Wildman–Crippen LogP) is -1.18. The van der Waals surface area contributed by atoms with Crippen molar-refractivity contribution in [3.8, 4) is 0 Å². The average molecular weight is 125 g/mol. The Balaban J connectivity index is 0.000000490. The quantitative estimate of drug-likeness (QED) is 0.327. The van der Waals surface area contributed by atoms with Crippen molar-refractivity contribution < 1.29 is 9.59 Å². The molecule has 0 aromatic heterocycles. The van der Waals surface area contributed by atoms with Crippen molar-refractivity contribution >= 4 is 22.8 Å². The van der Waals surface area contributed by atoms with Crippen LogP contribution in [-0.2, 0) is 9.59 Å². The van der Waals surface area contributed by atoms with Crippen molar-refractivity contribution in [3.05, 3.63) is 12.2 Å². The molecular weight excluding hydrogens is 122 g/mol. The van der Waals surface area contributed by atoms with Gasteiger partial charge in [-0.1, -0.05) is 0 Å². The highest BCUT2D eigenvalue weighted by molar-refractivity contribution is 6.12. The van der Waals surface area contributed by atoms with Crippen LogP contribution >= 0.6 is 0 Å². The monoisotopic (exact) mass is 125 g/mol. The third kappa shape index (κ3) is 1.30. The van der Waals surface area contributed by atoms with Gasteiger partial charge in [-0.25, -0.2) is 0 Å². The number of carbonyl (C=O) groups is 2. The molecule has 0 fully saturated rings. The zero-order valence-electron chi connectivity index (χ0n) is 3.97. The van der Waals surface area contributed by atoms with Gasteiger partial charge in [0.25, 0.3) is 11.8 Å². The predicted molar refractivity (Wildman–Crippen MR) is 28.0 cm³/mol. The van der Waals surface area contributed by atoms with Gasteiger partial charge >= 0.3 is 0 Å². The van der Waals surface area contributed by atoms with Crippen molar-refractivity contribution in [2.75, 3.05) is 0 Å². The fraction of sp³-hybridized carbons (Fsp3) is 0. The summed E-state index contributed by atoms with van der Waals surface area (Å²) in [7, 11) is 0. The third-order valence-corrected chi connectivity index (χ3v) is 0.632. The molecule has 0 saturated heterocycles.